The van der Waals surface area contributed by atoms with Crippen LogP contribution in [0.3, 0.4) is 0 Å². The number of ether oxygens (including phenoxy) is 1. The molecule has 0 radical (unpaired) electrons. The monoisotopic (exact) mass is 482 g/mol. The third-order valence-corrected chi connectivity index (χ3v) is 7.18. The Morgan fingerprint density at radius 3 is 2.74 bits per heavy atom. The predicted molar refractivity (Wildman–Crippen MR) is 128 cm³/mol. The number of nitrogens with zero attached hydrogens (tertiary/aromatic N) is 3. The number of benzene rings is 1. The molecule has 0 fully saturated rings. The second-order valence-electron chi connectivity index (χ2n) is 8.19. The van der Waals surface area contributed by atoms with Gasteiger partial charge in [0.25, 0.3) is 5.91 Å². The maximum atomic E-state index is 13.3. The first-order valence-electron chi connectivity index (χ1n) is 11.3. The quantitative estimate of drug-likeness (QED) is 0.279. The van der Waals surface area contributed by atoms with E-state index < -0.39 is 22.6 Å². The average Bonchev–Trinajstić information content (AvgIpc) is 3.40. The highest BCUT2D eigenvalue weighted by atomic mass is 32.1. The average molecular weight is 483 g/mol. The van der Waals surface area contributed by atoms with E-state index in [2.05, 4.69) is 17.3 Å². The van der Waals surface area contributed by atoms with E-state index in [-0.39, 0.29) is 18.8 Å². The lowest BCUT2D eigenvalue weighted by Gasteiger charge is -2.20. The van der Waals surface area contributed by atoms with Gasteiger partial charge in [0.05, 0.1) is 29.9 Å². The Morgan fingerprint density at radius 1 is 1.29 bits per heavy atom. The molecule has 0 saturated carbocycles. The smallest absolute Gasteiger partial charge is 0.390 e. The minimum atomic E-state index is -0.628. The van der Waals surface area contributed by atoms with Crippen LogP contribution in [0.4, 0.5) is 10.8 Å². The third-order valence-electron chi connectivity index (χ3n) is 6.01. The van der Waals surface area contributed by atoms with Gasteiger partial charge in [-0.3, -0.25) is 4.79 Å². The van der Waals surface area contributed by atoms with Crippen molar-refractivity contribution in [3.63, 3.8) is 0 Å². The summed E-state index contributed by atoms with van der Waals surface area (Å²) in [4.78, 5) is 37.9. The molecule has 1 N–H and O–H groups in total. The minimum Gasteiger partial charge on any atom is -0.462 e. The number of hydrogen-bond acceptors (Lipinski definition) is 7. The Morgan fingerprint density at radius 2 is 2.06 bits per heavy atom. The molecular weight excluding hydrogens is 456 g/mol. The molecule has 4 rings (SSSR count). The summed E-state index contributed by atoms with van der Waals surface area (Å²) in [6.07, 6.45) is 3.65. The Balaban J connectivity index is 1.68. The van der Waals surface area contributed by atoms with Gasteiger partial charge in [0, 0.05) is 4.88 Å². The van der Waals surface area contributed by atoms with E-state index in [0.717, 1.165) is 47.8 Å². The summed E-state index contributed by atoms with van der Waals surface area (Å²) >= 11 is 1.38. The fraction of sp³-hybridized carbons (Fsp3) is 0.375. The van der Waals surface area contributed by atoms with Crippen LogP contribution in [0.5, 0.6) is 0 Å². The molecular formula is C24H26N4O5S. The number of rotatable bonds is 8. The van der Waals surface area contributed by atoms with Crippen molar-refractivity contribution in [2.24, 2.45) is 5.92 Å². The van der Waals surface area contributed by atoms with Crippen LogP contribution in [-0.4, -0.2) is 33.2 Å². The Labute approximate surface area is 200 Å². The molecule has 1 amide bonds. The standard InChI is InChI=1S/C24H26N4O5S/c1-3-15-10-11-17-19(12-15)34-23(21(17)24(30)33-4-2)25-22(29)18-13-20(28(31)32)26-27(18)14-16-8-6-5-7-9-16/h5-9,13,15H,3-4,10-12,14H2,1-2H3,(H,25,29)/t15-/m1/s1. The lowest BCUT2D eigenvalue weighted by molar-refractivity contribution is -0.389. The van der Waals surface area contributed by atoms with Crippen molar-refractivity contribution in [1.29, 1.82) is 0 Å². The van der Waals surface area contributed by atoms with Gasteiger partial charge in [-0.15, -0.1) is 11.3 Å². The van der Waals surface area contributed by atoms with Gasteiger partial charge in [-0.05, 0) is 48.2 Å². The summed E-state index contributed by atoms with van der Waals surface area (Å²) < 4.78 is 6.59. The molecule has 0 unspecified atom stereocenters. The molecule has 1 atom stereocenters. The maximum Gasteiger partial charge on any atom is 0.390 e. The van der Waals surface area contributed by atoms with Crippen LogP contribution in [-0.2, 0) is 24.1 Å². The van der Waals surface area contributed by atoms with Crippen LogP contribution in [0, 0.1) is 16.0 Å². The predicted octanol–water partition coefficient (Wildman–Crippen LogP) is 4.85. The zero-order chi connectivity index (χ0) is 24.2. The Hall–Kier alpha value is -3.53. The zero-order valence-corrected chi connectivity index (χ0v) is 19.9. The van der Waals surface area contributed by atoms with E-state index in [1.54, 1.807) is 6.92 Å². The van der Waals surface area contributed by atoms with Gasteiger partial charge >= 0.3 is 11.8 Å². The molecule has 3 aromatic rings. The van der Waals surface area contributed by atoms with Gasteiger partial charge in [0.15, 0.2) is 5.69 Å². The number of carbonyl (C=O) groups excluding carboxylic acids is 2. The van der Waals surface area contributed by atoms with Crippen molar-refractivity contribution in [2.75, 3.05) is 11.9 Å². The van der Waals surface area contributed by atoms with E-state index in [4.69, 9.17) is 4.74 Å². The Bertz CT molecular complexity index is 1220. The van der Waals surface area contributed by atoms with Crippen LogP contribution in [0.1, 0.15) is 63.5 Å². The third kappa shape index (κ3) is 4.86. The topological polar surface area (TPSA) is 116 Å². The lowest BCUT2D eigenvalue weighted by atomic mass is 9.85. The van der Waals surface area contributed by atoms with Crippen LogP contribution < -0.4 is 5.32 Å². The van der Waals surface area contributed by atoms with Crippen LogP contribution >= 0.6 is 11.3 Å². The lowest BCUT2D eigenvalue weighted by Crippen LogP contribution is -2.20. The van der Waals surface area contributed by atoms with Crippen molar-refractivity contribution < 1.29 is 19.2 Å². The molecule has 10 heteroatoms. The first-order chi connectivity index (χ1) is 16.4. The van der Waals surface area contributed by atoms with E-state index in [1.807, 2.05) is 30.3 Å². The van der Waals surface area contributed by atoms with Crippen molar-refractivity contribution in [3.8, 4) is 0 Å². The van der Waals surface area contributed by atoms with Gasteiger partial charge < -0.3 is 20.2 Å². The summed E-state index contributed by atoms with van der Waals surface area (Å²) in [6.45, 7) is 4.31. The van der Waals surface area contributed by atoms with Gasteiger partial charge in [-0.1, -0.05) is 43.7 Å². The number of esters is 1. The fourth-order valence-electron chi connectivity index (χ4n) is 4.23. The highest BCUT2D eigenvalue weighted by molar-refractivity contribution is 7.17. The van der Waals surface area contributed by atoms with Crippen molar-refractivity contribution >= 4 is 34.0 Å². The molecule has 0 spiro atoms. The highest BCUT2D eigenvalue weighted by Gasteiger charge is 2.31. The van der Waals surface area contributed by atoms with Crippen molar-refractivity contribution in [2.45, 2.75) is 46.1 Å². The minimum absolute atomic E-state index is 0.0446. The highest BCUT2D eigenvalue weighted by Crippen LogP contribution is 2.41. The SMILES string of the molecule is CCOC(=O)c1c(NC(=O)c2cc([N+](=O)[O-])nn2Cc2ccccc2)sc2c1CC[C@@H](CC)C2. The molecule has 178 valence electrons. The van der Waals surface area contributed by atoms with Crippen LogP contribution in [0.15, 0.2) is 36.4 Å². The number of carbonyl (C=O) groups is 2. The number of hydrogen-bond donors (Lipinski definition) is 1. The first kappa shape index (κ1) is 23.6. The number of thiophene rings is 1. The second kappa shape index (κ2) is 10.2. The molecule has 1 aliphatic carbocycles. The molecule has 0 aliphatic heterocycles. The second-order valence-corrected chi connectivity index (χ2v) is 9.29. The fourth-order valence-corrected chi connectivity index (χ4v) is 5.57. The summed E-state index contributed by atoms with van der Waals surface area (Å²) in [7, 11) is 0. The number of anilines is 1. The molecule has 2 heterocycles. The molecule has 0 saturated heterocycles. The number of amides is 1. The number of aromatic nitrogens is 2. The summed E-state index contributed by atoms with van der Waals surface area (Å²) in [5, 5.41) is 18.6. The molecule has 1 aromatic carbocycles. The van der Waals surface area contributed by atoms with Crippen molar-refractivity contribution in [1.82, 2.24) is 9.78 Å². The van der Waals surface area contributed by atoms with E-state index in [0.29, 0.717) is 16.5 Å². The van der Waals surface area contributed by atoms with E-state index in [1.165, 1.54) is 16.0 Å². The Kier molecular flexibility index (Phi) is 7.06. The van der Waals surface area contributed by atoms with Crippen LogP contribution in [0.25, 0.3) is 0 Å². The molecule has 2 aromatic heterocycles. The van der Waals surface area contributed by atoms with Gasteiger partial charge in [-0.25, -0.2) is 4.79 Å². The van der Waals surface area contributed by atoms with Crippen LogP contribution in [0.2, 0.25) is 0 Å². The summed E-state index contributed by atoms with van der Waals surface area (Å²) in [6, 6.07) is 10.4. The van der Waals surface area contributed by atoms with Gasteiger partial charge in [-0.2, -0.15) is 4.68 Å². The molecule has 1 aliphatic rings. The first-order valence-corrected chi connectivity index (χ1v) is 12.1. The van der Waals surface area contributed by atoms with Gasteiger partial charge in [0.1, 0.15) is 5.00 Å². The molecule has 34 heavy (non-hydrogen) atoms. The zero-order valence-electron chi connectivity index (χ0n) is 19.1. The molecule has 9 nitrogen and oxygen atoms in total. The normalized spacial score (nSPS) is 14.9. The summed E-state index contributed by atoms with van der Waals surface area (Å²) in [5.41, 5.74) is 2.22. The van der Waals surface area contributed by atoms with Crippen molar-refractivity contribution in [3.05, 3.63) is 73.8 Å². The number of nitrogens with one attached hydrogen (secondary N) is 1. The molecule has 0 bridgehead atoms. The van der Waals surface area contributed by atoms with E-state index >= 15 is 0 Å². The van der Waals surface area contributed by atoms with Gasteiger partial charge in [0.2, 0.25) is 0 Å². The maximum absolute atomic E-state index is 13.3. The number of nitro groups is 1. The summed E-state index contributed by atoms with van der Waals surface area (Å²) in [5.74, 6) is -0.899. The van der Waals surface area contributed by atoms with E-state index in [9.17, 15) is 19.7 Å². The largest absolute Gasteiger partial charge is 0.462 e. The number of fused-ring (bicyclic) bond motifs is 1.